The summed E-state index contributed by atoms with van der Waals surface area (Å²) in [6.45, 7) is 7.47. The molecule has 1 aromatic carbocycles. The number of hydrogen-bond acceptors (Lipinski definition) is 3. The van der Waals surface area contributed by atoms with E-state index in [-0.39, 0.29) is 10.6 Å². The second kappa shape index (κ2) is 5.69. The molecule has 0 heterocycles. The van der Waals surface area contributed by atoms with Crippen molar-refractivity contribution in [2.24, 2.45) is 0 Å². The van der Waals surface area contributed by atoms with E-state index in [1.807, 2.05) is 20.8 Å². The van der Waals surface area contributed by atoms with Crippen LogP contribution in [0.3, 0.4) is 0 Å². The molecule has 0 radical (unpaired) electrons. The van der Waals surface area contributed by atoms with Crippen LogP contribution in [0.2, 0.25) is 5.02 Å². The van der Waals surface area contributed by atoms with Crippen molar-refractivity contribution in [3.63, 3.8) is 0 Å². The van der Waals surface area contributed by atoms with Gasteiger partial charge in [-0.05, 0) is 44.9 Å². The van der Waals surface area contributed by atoms with Gasteiger partial charge in [-0.1, -0.05) is 24.9 Å². The summed E-state index contributed by atoms with van der Waals surface area (Å²) in [5, 5.41) is 0.395. The number of benzene rings is 1. The lowest BCUT2D eigenvalue weighted by Gasteiger charge is -2.25. The summed E-state index contributed by atoms with van der Waals surface area (Å²) in [5.74, 6) is 0. The average Bonchev–Trinajstić information content (AvgIpc) is 2.23. The van der Waals surface area contributed by atoms with Crippen molar-refractivity contribution in [3.05, 3.63) is 22.7 Å². The fourth-order valence-corrected chi connectivity index (χ4v) is 3.69. The first-order chi connectivity index (χ1) is 8.59. The van der Waals surface area contributed by atoms with Crippen molar-refractivity contribution in [1.82, 2.24) is 4.72 Å². The van der Waals surface area contributed by atoms with E-state index in [4.69, 9.17) is 17.3 Å². The molecule has 0 spiro atoms. The number of halogens is 1. The maximum Gasteiger partial charge on any atom is 0.241 e. The topological polar surface area (TPSA) is 72.2 Å². The summed E-state index contributed by atoms with van der Waals surface area (Å²) in [7, 11) is -3.59. The normalized spacial score (nSPS) is 12.7. The Balaban J connectivity index is 3.15. The number of nitrogens with one attached hydrogen (secondary N) is 1. The van der Waals surface area contributed by atoms with E-state index in [1.165, 1.54) is 12.1 Å². The number of nitrogen functional groups attached to an aromatic ring is 1. The van der Waals surface area contributed by atoms with Crippen molar-refractivity contribution >= 4 is 27.3 Å². The number of anilines is 1. The fourth-order valence-electron chi connectivity index (χ4n) is 2.02. The van der Waals surface area contributed by atoms with Crippen LogP contribution < -0.4 is 10.5 Å². The van der Waals surface area contributed by atoms with Gasteiger partial charge in [-0.15, -0.1) is 0 Å². The predicted octanol–water partition coefficient (Wildman–Crippen LogP) is 3.09. The Morgan fingerprint density at radius 3 is 2.42 bits per heavy atom. The molecule has 108 valence electrons. The van der Waals surface area contributed by atoms with Crippen molar-refractivity contribution in [3.8, 4) is 0 Å². The molecule has 19 heavy (non-hydrogen) atoms. The summed E-state index contributed by atoms with van der Waals surface area (Å²) in [4.78, 5) is 0.149. The average molecular weight is 305 g/mol. The van der Waals surface area contributed by atoms with Crippen molar-refractivity contribution in [2.75, 3.05) is 5.73 Å². The first kappa shape index (κ1) is 16.3. The van der Waals surface area contributed by atoms with Crippen molar-refractivity contribution < 1.29 is 8.42 Å². The summed E-state index contributed by atoms with van der Waals surface area (Å²) < 4.78 is 27.4. The minimum atomic E-state index is -3.59. The van der Waals surface area contributed by atoms with E-state index in [0.717, 1.165) is 12.8 Å². The van der Waals surface area contributed by atoms with Crippen LogP contribution in [-0.4, -0.2) is 14.0 Å². The standard InChI is InChI=1S/C13H21ClN2O2S/c1-5-6-13(3,4)16-19(17,18)10-7-9(2)12(14)11(15)8-10/h7-8,16H,5-6,15H2,1-4H3. The first-order valence-electron chi connectivity index (χ1n) is 6.18. The molecule has 0 aliphatic heterocycles. The van der Waals surface area contributed by atoms with E-state index in [9.17, 15) is 8.42 Å². The number of sulfonamides is 1. The quantitative estimate of drug-likeness (QED) is 0.821. The molecule has 0 saturated heterocycles. The second-order valence-electron chi connectivity index (χ2n) is 5.38. The molecule has 0 amide bonds. The molecule has 4 nitrogen and oxygen atoms in total. The Morgan fingerprint density at radius 2 is 1.95 bits per heavy atom. The van der Waals surface area contributed by atoms with Crippen LogP contribution in [0.25, 0.3) is 0 Å². The number of aryl methyl sites for hydroxylation is 1. The summed E-state index contributed by atoms with van der Waals surface area (Å²) in [6, 6.07) is 2.92. The molecule has 0 saturated carbocycles. The Bertz CT molecular complexity index is 545. The Hall–Kier alpha value is -0.780. The van der Waals surface area contributed by atoms with Gasteiger partial charge in [-0.25, -0.2) is 13.1 Å². The summed E-state index contributed by atoms with van der Waals surface area (Å²) in [5.41, 5.74) is 6.15. The lowest BCUT2D eigenvalue weighted by molar-refractivity contribution is 0.418. The predicted molar refractivity (Wildman–Crippen MR) is 79.9 cm³/mol. The van der Waals surface area contributed by atoms with E-state index >= 15 is 0 Å². The molecule has 0 atom stereocenters. The lowest BCUT2D eigenvalue weighted by atomic mass is 10.0. The van der Waals surface area contributed by atoms with E-state index in [1.54, 1.807) is 6.92 Å². The zero-order chi connectivity index (χ0) is 14.8. The van der Waals surface area contributed by atoms with Gasteiger partial charge in [0.05, 0.1) is 15.6 Å². The molecular formula is C13H21ClN2O2S. The highest BCUT2D eigenvalue weighted by molar-refractivity contribution is 7.89. The van der Waals surface area contributed by atoms with E-state index in [0.29, 0.717) is 10.6 Å². The molecule has 0 bridgehead atoms. The van der Waals surface area contributed by atoms with Crippen LogP contribution in [0.1, 0.15) is 39.2 Å². The van der Waals surface area contributed by atoms with Gasteiger partial charge in [0, 0.05) is 5.54 Å². The highest BCUT2D eigenvalue weighted by atomic mass is 35.5. The van der Waals surface area contributed by atoms with Gasteiger partial charge in [0.25, 0.3) is 0 Å². The molecular weight excluding hydrogens is 284 g/mol. The Morgan fingerprint density at radius 1 is 1.37 bits per heavy atom. The van der Waals surface area contributed by atoms with Crippen molar-refractivity contribution in [1.29, 1.82) is 0 Å². The van der Waals surface area contributed by atoms with Gasteiger partial charge >= 0.3 is 0 Å². The van der Waals surface area contributed by atoms with Crippen molar-refractivity contribution in [2.45, 2.75) is 51.0 Å². The first-order valence-corrected chi connectivity index (χ1v) is 8.05. The highest BCUT2D eigenvalue weighted by Crippen LogP contribution is 2.27. The number of rotatable bonds is 5. The second-order valence-corrected chi connectivity index (χ2v) is 7.44. The smallest absolute Gasteiger partial charge is 0.241 e. The monoisotopic (exact) mass is 304 g/mol. The van der Waals surface area contributed by atoms with Gasteiger partial charge in [-0.2, -0.15) is 0 Å². The van der Waals surface area contributed by atoms with Crippen LogP contribution in [0.4, 0.5) is 5.69 Å². The summed E-state index contributed by atoms with van der Waals surface area (Å²) >= 11 is 5.94. The largest absolute Gasteiger partial charge is 0.397 e. The maximum absolute atomic E-state index is 12.3. The van der Waals surface area contributed by atoms with Crippen LogP contribution >= 0.6 is 11.6 Å². The lowest BCUT2D eigenvalue weighted by Crippen LogP contribution is -2.43. The van der Waals surface area contributed by atoms with Gasteiger partial charge in [0.1, 0.15) is 0 Å². The third-order valence-electron chi connectivity index (χ3n) is 2.85. The van der Waals surface area contributed by atoms with Gasteiger partial charge in [0.2, 0.25) is 10.0 Å². The zero-order valence-corrected chi connectivity index (χ0v) is 13.3. The number of hydrogen-bond donors (Lipinski definition) is 2. The Labute approximate surface area is 120 Å². The Kier molecular flexibility index (Phi) is 4.87. The minimum absolute atomic E-state index is 0.149. The SMILES string of the molecule is CCCC(C)(C)NS(=O)(=O)c1cc(C)c(Cl)c(N)c1. The maximum atomic E-state index is 12.3. The molecule has 0 aliphatic carbocycles. The molecule has 0 fully saturated rings. The highest BCUT2D eigenvalue weighted by Gasteiger charge is 2.26. The van der Waals surface area contributed by atoms with Gasteiger partial charge in [-0.3, -0.25) is 0 Å². The molecule has 6 heteroatoms. The van der Waals surface area contributed by atoms with Gasteiger partial charge < -0.3 is 5.73 Å². The zero-order valence-electron chi connectivity index (χ0n) is 11.7. The van der Waals surface area contributed by atoms with Crippen LogP contribution in [0.5, 0.6) is 0 Å². The van der Waals surface area contributed by atoms with Crippen LogP contribution in [0, 0.1) is 6.92 Å². The minimum Gasteiger partial charge on any atom is -0.397 e. The van der Waals surface area contributed by atoms with E-state index in [2.05, 4.69) is 4.72 Å². The summed E-state index contributed by atoms with van der Waals surface area (Å²) in [6.07, 6.45) is 1.66. The van der Waals surface area contributed by atoms with Crippen LogP contribution in [0.15, 0.2) is 17.0 Å². The molecule has 1 aromatic rings. The third kappa shape index (κ3) is 4.09. The molecule has 0 aromatic heterocycles. The van der Waals surface area contributed by atoms with Gasteiger partial charge in [0.15, 0.2) is 0 Å². The van der Waals surface area contributed by atoms with Crippen LogP contribution in [-0.2, 0) is 10.0 Å². The fraction of sp³-hybridized carbons (Fsp3) is 0.538. The molecule has 0 aliphatic rings. The molecule has 1 rings (SSSR count). The number of nitrogens with two attached hydrogens (primary N) is 1. The molecule has 3 N–H and O–H groups in total. The molecule has 0 unspecified atom stereocenters. The van der Waals surface area contributed by atoms with E-state index < -0.39 is 15.6 Å². The third-order valence-corrected chi connectivity index (χ3v) is 5.05.